The van der Waals surface area contributed by atoms with Gasteiger partial charge in [0, 0.05) is 44.5 Å². The summed E-state index contributed by atoms with van der Waals surface area (Å²) in [7, 11) is 0. The summed E-state index contributed by atoms with van der Waals surface area (Å²) in [5, 5.41) is 0. The van der Waals surface area contributed by atoms with Crippen molar-refractivity contribution >= 4 is 0 Å². The van der Waals surface area contributed by atoms with E-state index in [0.29, 0.717) is 0 Å². The predicted molar refractivity (Wildman–Crippen MR) is 348 cm³/mol. The lowest BCUT2D eigenvalue weighted by molar-refractivity contribution is 0.590. The smallest absolute Gasteiger partial charge is 0.0347 e. The second-order valence-corrected chi connectivity index (χ2v) is 27.0. The standard InChI is InChI=1S/C82H72/c1-78(2,3)65-34-32-57-26-24-55(70(57)44-36-65)20-16-18-22-59-52-61(74-48-40-67(80(7,8)9)38-46-72(59)74)28-30-63-54-64(77-51-43-69(82(13,14)15)42-50-76(63)77)31-29-62-53-60(73-47-39-68(81(10,11)12)41-49-75(62)73)23-19-17-21-56-25-27-58-33-35-66(79(4,5)6)37-45-71(56)58/h24-27,32-54H,1-15H3. The minimum atomic E-state index is -0.0560. The molecule has 0 aromatic heterocycles. The molecule has 0 amide bonds. The minimum Gasteiger partial charge on any atom is -0.0609 e. The van der Waals surface area contributed by atoms with Gasteiger partial charge in [-0.15, -0.1) is 0 Å². The van der Waals surface area contributed by atoms with Crippen LogP contribution >= 0.6 is 0 Å². The molecule has 0 unspecified atom stereocenters. The van der Waals surface area contributed by atoms with E-state index >= 15 is 0 Å². The zero-order chi connectivity index (χ0) is 58.4. The molecule has 0 N–H and O–H groups in total. The van der Waals surface area contributed by atoms with Crippen molar-refractivity contribution < 1.29 is 0 Å². The fourth-order valence-corrected chi connectivity index (χ4v) is 10.6. The zero-order valence-corrected chi connectivity index (χ0v) is 50.6. The van der Waals surface area contributed by atoms with Crippen LogP contribution in [0.3, 0.4) is 0 Å². The van der Waals surface area contributed by atoms with E-state index in [0.717, 1.165) is 89.0 Å². The highest BCUT2D eigenvalue weighted by atomic mass is 14.3. The number of hydrogen-bond acceptors (Lipinski definition) is 0. The third-order valence-corrected chi connectivity index (χ3v) is 15.8. The number of hydrogen-bond donors (Lipinski definition) is 0. The van der Waals surface area contributed by atoms with Crippen LogP contribution in [-0.4, -0.2) is 0 Å². The third kappa shape index (κ3) is 12.1. The van der Waals surface area contributed by atoms with Crippen molar-refractivity contribution in [3.8, 4) is 127 Å². The highest BCUT2D eigenvalue weighted by Crippen LogP contribution is 2.39. The van der Waals surface area contributed by atoms with Gasteiger partial charge in [0.25, 0.3) is 0 Å². The van der Waals surface area contributed by atoms with Crippen LogP contribution in [0.1, 0.15) is 176 Å². The molecule has 0 aliphatic heterocycles. The van der Waals surface area contributed by atoms with Gasteiger partial charge in [0.1, 0.15) is 0 Å². The summed E-state index contributed by atoms with van der Waals surface area (Å²) in [6.45, 7) is 33.7. The largest absolute Gasteiger partial charge is 0.0609 e. The average molecular weight is 1060 g/mol. The van der Waals surface area contributed by atoms with Crippen molar-refractivity contribution in [3.63, 3.8) is 0 Å². The molecular formula is C82H72. The van der Waals surface area contributed by atoms with Crippen molar-refractivity contribution in [1.29, 1.82) is 0 Å². The van der Waals surface area contributed by atoms with Crippen molar-refractivity contribution in [2.75, 3.05) is 0 Å². The molecule has 0 aromatic carbocycles. The molecule has 0 saturated carbocycles. The molecule has 0 saturated heterocycles. The van der Waals surface area contributed by atoms with E-state index in [4.69, 9.17) is 0 Å². The zero-order valence-electron chi connectivity index (χ0n) is 50.6. The van der Waals surface area contributed by atoms with Crippen LogP contribution in [0.2, 0.25) is 0 Å². The van der Waals surface area contributed by atoms with E-state index in [1.165, 1.54) is 38.9 Å². The molecule has 0 spiro atoms. The maximum atomic E-state index is 3.67. The minimum absolute atomic E-state index is 0.0409. The Hall–Kier alpha value is -9.14. The first-order valence-electron chi connectivity index (χ1n) is 28.7. The first-order chi connectivity index (χ1) is 38.8. The van der Waals surface area contributed by atoms with Gasteiger partial charge in [-0.3, -0.25) is 0 Å². The molecule has 82 heavy (non-hydrogen) atoms. The van der Waals surface area contributed by atoms with Crippen LogP contribution in [0, 0.1) is 71.0 Å². The Morgan fingerprint density at radius 3 is 0.598 bits per heavy atom. The molecule has 10 rings (SSSR count). The average Bonchev–Trinajstić information content (AvgIpc) is 3.79. The first kappa shape index (κ1) is 56.1. The molecule has 0 bridgehead atoms. The summed E-state index contributed by atoms with van der Waals surface area (Å²) in [5.74, 6) is 41.1. The van der Waals surface area contributed by atoms with Crippen LogP contribution in [0.5, 0.6) is 0 Å². The molecule has 0 fully saturated rings. The van der Waals surface area contributed by atoms with E-state index in [1.807, 2.05) is 0 Å². The SMILES string of the molecule is CC(C)(C)c1ccc2ccc(C#CC#Cc3cc(C#Cc4cc(C#Cc5cc(C#CC#Cc6ccc7ccc(C(C)(C)C)ccc6-7)c6ccc(C(C)(C)C)ccc5-6)c5ccc(C(C)(C)C)ccc4-5)c4ccc(C(C)(C)C)ccc3-4)c-2cc1. The monoisotopic (exact) mass is 1060 g/mol. The van der Waals surface area contributed by atoms with Crippen LogP contribution in [0.4, 0.5) is 0 Å². The summed E-state index contributed by atoms with van der Waals surface area (Å²) in [6, 6.07) is 59.2. The van der Waals surface area contributed by atoms with Gasteiger partial charge in [0.2, 0.25) is 0 Å². The molecule has 0 heterocycles. The van der Waals surface area contributed by atoms with Crippen LogP contribution in [0.25, 0.3) is 55.6 Å². The lowest BCUT2D eigenvalue weighted by Gasteiger charge is -2.17. The molecule has 0 nitrogen and oxygen atoms in total. The van der Waals surface area contributed by atoms with Gasteiger partial charge >= 0.3 is 0 Å². The van der Waals surface area contributed by atoms with Crippen LogP contribution < -0.4 is 0 Å². The van der Waals surface area contributed by atoms with Crippen molar-refractivity contribution in [1.82, 2.24) is 0 Å². The van der Waals surface area contributed by atoms with Crippen molar-refractivity contribution in [2.24, 2.45) is 0 Å². The lowest BCUT2D eigenvalue weighted by atomic mass is 9.88. The highest BCUT2D eigenvalue weighted by molar-refractivity contribution is 5.87. The molecule has 0 atom stereocenters. The molecule has 0 radical (unpaired) electrons. The lowest BCUT2D eigenvalue weighted by Crippen LogP contribution is -2.09. The second kappa shape index (κ2) is 21.7. The highest BCUT2D eigenvalue weighted by Gasteiger charge is 2.22. The fraction of sp³-hybridized carbons (Fsp3) is 0.244. The molecular weight excluding hydrogens is 985 g/mol. The summed E-state index contributed by atoms with van der Waals surface area (Å²) in [5.41, 5.74) is 24.6. The van der Waals surface area contributed by atoms with E-state index < -0.39 is 0 Å². The van der Waals surface area contributed by atoms with Gasteiger partial charge < -0.3 is 0 Å². The van der Waals surface area contributed by atoms with E-state index in [-0.39, 0.29) is 27.1 Å². The second-order valence-electron chi connectivity index (χ2n) is 27.0. The molecule has 400 valence electrons. The third-order valence-electron chi connectivity index (χ3n) is 15.8. The molecule has 0 aromatic rings. The molecule has 10 aliphatic rings. The van der Waals surface area contributed by atoms with Gasteiger partial charge in [-0.2, -0.15) is 0 Å². The summed E-state index contributed by atoms with van der Waals surface area (Å²) >= 11 is 0. The fourth-order valence-electron chi connectivity index (χ4n) is 10.6. The Bertz CT molecular complexity index is 4080. The van der Waals surface area contributed by atoms with E-state index in [1.54, 1.807) is 0 Å². The van der Waals surface area contributed by atoms with Gasteiger partial charge in [-0.1, -0.05) is 285 Å². The Morgan fingerprint density at radius 1 is 0.183 bits per heavy atom. The van der Waals surface area contributed by atoms with Crippen molar-refractivity contribution in [3.05, 3.63) is 236 Å². The normalized spacial score (nSPS) is 11.7. The van der Waals surface area contributed by atoms with Crippen LogP contribution in [0.15, 0.2) is 164 Å². The Balaban J connectivity index is 1.04. The summed E-state index contributed by atoms with van der Waals surface area (Å²) in [6.07, 6.45) is 0. The first-order valence-corrected chi connectivity index (χ1v) is 28.7. The Kier molecular flexibility index (Phi) is 14.9. The molecule has 0 heteroatoms. The predicted octanol–water partition coefficient (Wildman–Crippen LogP) is 19.3. The van der Waals surface area contributed by atoms with E-state index in [9.17, 15) is 0 Å². The Labute approximate surface area is 491 Å². The Morgan fingerprint density at radius 2 is 0.366 bits per heavy atom. The summed E-state index contributed by atoms with van der Waals surface area (Å²) in [4.78, 5) is 0. The van der Waals surface area contributed by atoms with Crippen molar-refractivity contribution in [2.45, 2.75) is 131 Å². The maximum absolute atomic E-state index is 3.67. The van der Waals surface area contributed by atoms with E-state index in [2.05, 4.69) is 339 Å². The maximum Gasteiger partial charge on any atom is 0.0347 e. The topological polar surface area (TPSA) is 0 Å². The molecule has 10 aliphatic carbocycles. The van der Waals surface area contributed by atoms with Gasteiger partial charge in [-0.05, 0) is 165 Å². The number of fused-ring (bicyclic) bond motifs is 5. The van der Waals surface area contributed by atoms with Gasteiger partial charge in [0.05, 0.1) is 0 Å². The summed E-state index contributed by atoms with van der Waals surface area (Å²) < 4.78 is 0. The van der Waals surface area contributed by atoms with Gasteiger partial charge in [-0.25, -0.2) is 0 Å². The van der Waals surface area contributed by atoms with Gasteiger partial charge in [0.15, 0.2) is 0 Å². The number of rotatable bonds is 0. The quantitative estimate of drug-likeness (QED) is 0.133. The van der Waals surface area contributed by atoms with Crippen LogP contribution in [-0.2, 0) is 27.1 Å².